The number of nitrogens with zero attached hydrogens (tertiary/aromatic N) is 1. The molecule has 0 saturated heterocycles. The molecule has 1 aromatic carbocycles. The third kappa shape index (κ3) is 2.41. The fraction of sp³-hybridized carbons (Fsp3) is 0.250. The van der Waals surface area contributed by atoms with Crippen LogP contribution in [0.5, 0.6) is 5.75 Å². The Hall–Kier alpha value is -1.81. The molecule has 0 radical (unpaired) electrons. The SMILES string of the molecule is CC(N)c1ccccc1OCc1ccno1. The highest BCUT2D eigenvalue weighted by Gasteiger charge is 2.07. The molecule has 84 valence electrons. The van der Waals surface area contributed by atoms with Crippen molar-refractivity contribution in [2.24, 2.45) is 5.73 Å². The number of rotatable bonds is 4. The van der Waals surface area contributed by atoms with Crippen LogP contribution in [0.3, 0.4) is 0 Å². The van der Waals surface area contributed by atoms with Gasteiger partial charge >= 0.3 is 0 Å². The summed E-state index contributed by atoms with van der Waals surface area (Å²) in [6.07, 6.45) is 1.59. The molecule has 4 nitrogen and oxygen atoms in total. The van der Waals surface area contributed by atoms with Gasteiger partial charge in [0.1, 0.15) is 12.4 Å². The van der Waals surface area contributed by atoms with Gasteiger partial charge in [0.25, 0.3) is 0 Å². The van der Waals surface area contributed by atoms with E-state index in [-0.39, 0.29) is 6.04 Å². The summed E-state index contributed by atoms with van der Waals surface area (Å²) in [5, 5.41) is 3.61. The van der Waals surface area contributed by atoms with Crippen LogP contribution < -0.4 is 10.5 Å². The Morgan fingerprint density at radius 3 is 2.88 bits per heavy atom. The normalized spacial score (nSPS) is 12.4. The van der Waals surface area contributed by atoms with E-state index >= 15 is 0 Å². The molecule has 0 spiro atoms. The number of nitrogens with two attached hydrogens (primary N) is 1. The smallest absolute Gasteiger partial charge is 0.174 e. The van der Waals surface area contributed by atoms with Crippen molar-refractivity contribution in [1.29, 1.82) is 0 Å². The van der Waals surface area contributed by atoms with Crippen LogP contribution in [0.4, 0.5) is 0 Å². The Morgan fingerprint density at radius 1 is 1.38 bits per heavy atom. The van der Waals surface area contributed by atoms with Crippen molar-refractivity contribution in [1.82, 2.24) is 5.16 Å². The molecule has 0 aliphatic rings. The minimum absolute atomic E-state index is 0.0501. The maximum absolute atomic E-state index is 5.85. The zero-order chi connectivity index (χ0) is 11.4. The highest BCUT2D eigenvalue weighted by Crippen LogP contribution is 2.23. The quantitative estimate of drug-likeness (QED) is 0.855. The fourth-order valence-corrected chi connectivity index (χ4v) is 1.45. The molecular formula is C12H14N2O2. The van der Waals surface area contributed by atoms with E-state index in [4.69, 9.17) is 15.0 Å². The van der Waals surface area contributed by atoms with Crippen LogP contribution in [0, 0.1) is 0 Å². The summed E-state index contributed by atoms with van der Waals surface area (Å²) < 4.78 is 10.6. The van der Waals surface area contributed by atoms with Gasteiger partial charge in [-0.05, 0) is 13.0 Å². The van der Waals surface area contributed by atoms with E-state index in [1.165, 1.54) is 0 Å². The summed E-state index contributed by atoms with van der Waals surface area (Å²) in [5.74, 6) is 1.48. The summed E-state index contributed by atoms with van der Waals surface area (Å²) >= 11 is 0. The topological polar surface area (TPSA) is 61.3 Å². The molecular weight excluding hydrogens is 204 g/mol. The molecule has 2 N–H and O–H groups in total. The molecule has 1 aromatic heterocycles. The first-order valence-electron chi connectivity index (χ1n) is 5.14. The number of hydrogen-bond acceptors (Lipinski definition) is 4. The van der Waals surface area contributed by atoms with Gasteiger partial charge in [-0.1, -0.05) is 23.4 Å². The van der Waals surface area contributed by atoms with Gasteiger partial charge in [0.05, 0.1) is 6.20 Å². The molecule has 2 aromatic rings. The van der Waals surface area contributed by atoms with Crippen LogP contribution in [-0.2, 0) is 6.61 Å². The first-order valence-corrected chi connectivity index (χ1v) is 5.14. The van der Waals surface area contributed by atoms with Gasteiger partial charge in [0.15, 0.2) is 5.76 Å². The average molecular weight is 218 g/mol. The van der Waals surface area contributed by atoms with Crippen molar-refractivity contribution in [2.45, 2.75) is 19.6 Å². The molecule has 1 atom stereocenters. The summed E-state index contributed by atoms with van der Waals surface area (Å²) in [4.78, 5) is 0. The highest BCUT2D eigenvalue weighted by atomic mass is 16.5. The monoisotopic (exact) mass is 218 g/mol. The van der Waals surface area contributed by atoms with Crippen LogP contribution in [-0.4, -0.2) is 5.16 Å². The van der Waals surface area contributed by atoms with Crippen LogP contribution in [0.25, 0.3) is 0 Å². The van der Waals surface area contributed by atoms with E-state index in [2.05, 4.69) is 5.16 Å². The van der Waals surface area contributed by atoms with Crippen molar-refractivity contribution < 1.29 is 9.26 Å². The Morgan fingerprint density at radius 2 is 2.19 bits per heavy atom. The number of benzene rings is 1. The fourth-order valence-electron chi connectivity index (χ4n) is 1.45. The average Bonchev–Trinajstić information content (AvgIpc) is 2.79. The van der Waals surface area contributed by atoms with Gasteiger partial charge < -0.3 is 15.0 Å². The van der Waals surface area contributed by atoms with Gasteiger partial charge in [0, 0.05) is 17.7 Å². The van der Waals surface area contributed by atoms with E-state index in [9.17, 15) is 0 Å². The Bertz CT molecular complexity index is 438. The minimum atomic E-state index is -0.0501. The lowest BCUT2D eigenvalue weighted by Gasteiger charge is -2.12. The molecule has 1 heterocycles. The number of aromatic nitrogens is 1. The zero-order valence-electron chi connectivity index (χ0n) is 9.09. The zero-order valence-corrected chi connectivity index (χ0v) is 9.09. The van der Waals surface area contributed by atoms with E-state index in [0.717, 1.165) is 11.3 Å². The highest BCUT2D eigenvalue weighted by molar-refractivity contribution is 5.35. The summed E-state index contributed by atoms with van der Waals surface area (Å²) in [7, 11) is 0. The standard InChI is InChI=1S/C12H14N2O2/c1-9(13)11-4-2-3-5-12(11)15-8-10-6-7-14-16-10/h2-7,9H,8,13H2,1H3. The van der Waals surface area contributed by atoms with Crippen molar-refractivity contribution in [3.05, 3.63) is 47.9 Å². The maximum Gasteiger partial charge on any atom is 0.174 e. The lowest BCUT2D eigenvalue weighted by atomic mass is 10.1. The predicted molar refractivity (Wildman–Crippen MR) is 59.9 cm³/mol. The van der Waals surface area contributed by atoms with Crippen LogP contribution >= 0.6 is 0 Å². The van der Waals surface area contributed by atoms with Crippen molar-refractivity contribution in [3.8, 4) is 5.75 Å². The Kier molecular flexibility index (Phi) is 3.22. The van der Waals surface area contributed by atoms with E-state index in [1.807, 2.05) is 31.2 Å². The van der Waals surface area contributed by atoms with E-state index < -0.39 is 0 Å². The van der Waals surface area contributed by atoms with Crippen LogP contribution in [0.1, 0.15) is 24.3 Å². The van der Waals surface area contributed by atoms with Crippen LogP contribution in [0.15, 0.2) is 41.1 Å². The van der Waals surface area contributed by atoms with Gasteiger partial charge in [-0.25, -0.2) is 0 Å². The molecule has 2 rings (SSSR count). The van der Waals surface area contributed by atoms with Gasteiger partial charge in [0.2, 0.25) is 0 Å². The summed E-state index contributed by atoms with van der Waals surface area (Å²) in [6.45, 7) is 2.29. The molecule has 0 aliphatic carbocycles. The molecule has 4 heteroatoms. The summed E-state index contributed by atoms with van der Waals surface area (Å²) in [5.41, 5.74) is 6.84. The number of para-hydroxylation sites is 1. The number of ether oxygens (including phenoxy) is 1. The Balaban J connectivity index is 2.09. The second-order valence-electron chi connectivity index (χ2n) is 3.59. The molecule has 0 bridgehead atoms. The maximum atomic E-state index is 5.85. The first-order chi connectivity index (χ1) is 7.77. The van der Waals surface area contributed by atoms with E-state index in [1.54, 1.807) is 12.3 Å². The lowest BCUT2D eigenvalue weighted by Crippen LogP contribution is -2.07. The third-order valence-corrected chi connectivity index (χ3v) is 2.27. The van der Waals surface area contributed by atoms with Gasteiger partial charge in [-0.2, -0.15) is 0 Å². The molecule has 0 amide bonds. The van der Waals surface area contributed by atoms with Crippen LogP contribution in [0.2, 0.25) is 0 Å². The number of hydrogen-bond donors (Lipinski definition) is 1. The van der Waals surface area contributed by atoms with Crippen molar-refractivity contribution in [2.75, 3.05) is 0 Å². The van der Waals surface area contributed by atoms with E-state index in [0.29, 0.717) is 12.4 Å². The third-order valence-electron chi connectivity index (χ3n) is 2.27. The summed E-state index contributed by atoms with van der Waals surface area (Å²) in [6, 6.07) is 9.44. The molecule has 0 aliphatic heterocycles. The van der Waals surface area contributed by atoms with Gasteiger partial charge in [-0.15, -0.1) is 0 Å². The molecule has 16 heavy (non-hydrogen) atoms. The van der Waals surface area contributed by atoms with Crippen molar-refractivity contribution in [3.63, 3.8) is 0 Å². The second kappa shape index (κ2) is 4.81. The van der Waals surface area contributed by atoms with Gasteiger partial charge in [-0.3, -0.25) is 0 Å². The molecule has 0 fully saturated rings. The predicted octanol–water partition coefficient (Wildman–Crippen LogP) is 2.27. The Labute approximate surface area is 94.0 Å². The first kappa shape index (κ1) is 10.7. The largest absolute Gasteiger partial charge is 0.485 e. The second-order valence-corrected chi connectivity index (χ2v) is 3.59. The molecule has 0 saturated carbocycles. The van der Waals surface area contributed by atoms with Crippen molar-refractivity contribution >= 4 is 0 Å². The lowest BCUT2D eigenvalue weighted by molar-refractivity contribution is 0.246. The molecule has 1 unspecified atom stereocenters. The minimum Gasteiger partial charge on any atom is -0.485 e.